The summed E-state index contributed by atoms with van der Waals surface area (Å²) >= 11 is 0. The van der Waals surface area contributed by atoms with Crippen LogP contribution in [0.25, 0.3) is 0 Å². The van der Waals surface area contributed by atoms with E-state index in [9.17, 15) is 4.39 Å². The van der Waals surface area contributed by atoms with E-state index in [0.717, 1.165) is 18.5 Å². The molecule has 0 saturated carbocycles. The highest BCUT2D eigenvalue weighted by atomic mass is 19.1. The van der Waals surface area contributed by atoms with Crippen LogP contribution in [0.2, 0.25) is 0 Å². The third-order valence-electron chi connectivity index (χ3n) is 2.97. The van der Waals surface area contributed by atoms with Crippen molar-refractivity contribution in [1.29, 1.82) is 0 Å². The molecule has 1 aromatic rings. The van der Waals surface area contributed by atoms with Gasteiger partial charge in [-0.2, -0.15) is 0 Å². The number of rotatable bonds is 8. The molecule has 0 unspecified atom stereocenters. The molecular weight excluding hydrogens is 213 g/mol. The topological polar surface area (TPSA) is 12.0 Å². The zero-order valence-electron chi connectivity index (χ0n) is 11.1. The number of hydrogen-bond acceptors (Lipinski definition) is 1. The Balaban J connectivity index is 2.15. The van der Waals surface area contributed by atoms with Crippen LogP contribution in [0.3, 0.4) is 0 Å². The normalized spacial score (nSPS) is 10.5. The van der Waals surface area contributed by atoms with Gasteiger partial charge in [0.05, 0.1) is 5.69 Å². The number of benzene rings is 1. The molecule has 1 nitrogen and oxygen atoms in total. The van der Waals surface area contributed by atoms with Gasteiger partial charge in [-0.25, -0.2) is 4.39 Å². The summed E-state index contributed by atoms with van der Waals surface area (Å²) in [6.45, 7) is 5.07. The first-order valence-electron chi connectivity index (χ1n) is 6.74. The molecule has 0 atom stereocenters. The molecule has 0 amide bonds. The minimum atomic E-state index is -0.151. The minimum absolute atomic E-state index is 0.151. The second-order valence-electron chi connectivity index (χ2n) is 4.68. The van der Waals surface area contributed by atoms with Crippen LogP contribution in [0, 0.1) is 12.7 Å². The van der Waals surface area contributed by atoms with E-state index in [0.29, 0.717) is 5.69 Å². The van der Waals surface area contributed by atoms with Gasteiger partial charge in [-0.05, 0) is 31.0 Å². The largest absolute Gasteiger partial charge is 0.383 e. The fraction of sp³-hybridized carbons (Fsp3) is 0.600. The van der Waals surface area contributed by atoms with Crippen LogP contribution in [0.1, 0.15) is 51.0 Å². The second kappa shape index (κ2) is 8.10. The third-order valence-corrected chi connectivity index (χ3v) is 2.97. The first kappa shape index (κ1) is 14.0. The summed E-state index contributed by atoms with van der Waals surface area (Å²) in [7, 11) is 0. The van der Waals surface area contributed by atoms with Crippen LogP contribution in [0.5, 0.6) is 0 Å². The lowest BCUT2D eigenvalue weighted by Crippen LogP contribution is -2.03. The predicted octanol–water partition coefficient (Wildman–Crippen LogP) is 4.91. The Hall–Kier alpha value is -1.05. The Morgan fingerprint density at radius 2 is 1.76 bits per heavy atom. The maximum atomic E-state index is 13.4. The number of hydrogen-bond donors (Lipinski definition) is 1. The molecule has 1 N–H and O–H groups in total. The molecule has 0 spiro atoms. The number of unbranched alkanes of at least 4 members (excludes halogenated alkanes) is 5. The molecule has 1 rings (SSSR count). The fourth-order valence-electron chi connectivity index (χ4n) is 1.90. The molecule has 0 aliphatic carbocycles. The van der Waals surface area contributed by atoms with Crippen LogP contribution < -0.4 is 5.32 Å². The minimum Gasteiger partial charge on any atom is -0.383 e. The van der Waals surface area contributed by atoms with Crippen molar-refractivity contribution in [3.63, 3.8) is 0 Å². The predicted molar refractivity (Wildman–Crippen MR) is 73.0 cm³/mol. The van der Waals surface area contributed by atoms with Gasteiger partial charge in [-0.3, -0.25) is 0 Å². The number of anilines is 1. The summed E-state index contributed by atoms with van der Waals surface area (Å²) < 4.78 is 13.4. The van der Waals surface area contributed by atoms with E-state index in [2.05, 4.69) is 12.2 Å². The standard InChI is InChI=1S/C15H24FN/c1-3-4-5-6-7-8-11-17-15-12-13(2)9-10-14(15)16/h9-10,12,17H,3-8,11H2,1-2H3. The van der Waals surface area contributed by atoms with E-state index in [1.165, 1.54) is 38.2 Å². The molecule has 0 aliphatic heterocycles. The molecule has 0 heterocycles. The highest BCUT2D eigenvalue weighted by molar-refractivity contribution is 5.46. The molecular formula is C15H24FN. The maximum absolute atomic E-state index is 13.4. The molecule has 0 radical (unpaired) electrons. The van der Waals surface area contributed by atoms with Crippen molar-refractivity contribution < 1.29 is 4.39 Å². The van der Waals surface area contributed by atoms with E-state index in [1.54, 1.807) is 6.07 Å². The van der Waals surface area contributed by atoms with Crippen molar-refractivity contribution in [2.75, 3.05) is 11.9 Å². The Morgan fingerprint density at radius 3 is 2.53 bits per heavy atom. The van der Waals surface area contributed by atoms with Crippen LogP contribution in [0.4, 0.5) is 10.1 Å². The van der Waals surface area contributed by atoms with Crippen LogP contribution in [-0.2, 0) is 0 Å². The Labute approximate surface area is 104 Å². The Morgan fingerprint density at radius 1 is 1.06 bits per heavy atom. The lowest BCUT2D eigenvalue weighted by molar-refractivity contribution is 0.611. The van der Waals surface area contributed by atoms with Crippen LogP contribution in [-0.4, -0.2) is 6.54 Å². The van der Waals surface area contributed by atoms with E-state index in [4.69, 9.17) is 0 Å². The number of aryl methyl sites for hydroxylation is 1. The van der Waals surface area contributed by atoms with Gasteiger partial charge < -0.3 is 5.32 Å². The van der Waals surface area contributed by atoms with Crippen molar-refractivity contribution in [1.82, 2.24) is 0 Å². The van der Waals surface area contributed by atoms with Crippen molar-refractivity contribution >= 4 is 5.69 Å². The van der Waals surface area contributed by atoms with E-state index in [-0.39, 0.29) is 5.82 Å². The van der Waals surface area contributed by atoms with Gasteiger partial charge in [0, 0.05) is 6.54 Å². The lowest BCUT2D eigenvalue weighted by atomic mass is 10.1. The molecule has 2 heteroatoms. The molecule has 0 saturated heterocycles. The molecule has 1 aromatic carbocycles. The van der Waals surface area contributed by atoms with E-state index in [1.807, 2.05) is 13.0 Å². The highest BCUT2D eigenvalue weighted by Gasteiger charge is 2.00. The van der Waals surface area contributed by atoms with Crippen molar-refractivity contribution in [3.05, 3.63) is 29.6 Å². The second-order valence-corrected chi connectivity index (χ2v) is 4.68. The summed E-state index contributed by atoms with van der Waals surface area (Å²) in [6, 6.07) is 5.19. The van der Waals surface area contributed by atoms with Gasteiger partial charge in [0.25, 0.3) is 0 Å². The van der Waals surface area contributed by atoms with Crippen molar-refractivity contribution in [2.24, 2.45) is 0 Å². The first-order chi connectivity index (χ1) is 8.24. The summed E-state index contributed by atoms with van der Waals surface area (Å²) in [6.07, 6.45) is 7.60. The monoisotopic (exact) mass is 237 g/mol. The summed E-state index contributed by atoms with van der Waals surface area (Å²) in [5.41, 5.74) is 1.73. The van der Waals surface area contributed by atoms with E-state index >= 15 is 0 Å². The molecule has 0 aliphatic rings. The number of nitrogens with one attached hydrogen (secondary N) is 1. The fourth-order valence-corrected chi connectivity index (χ4v) is 1.90. The van der Waals surface area contributed by atoms with Gasteiger partial charge in [-0.15, -0.1) is 0 Å². The average Bonchev–Trinajstić information content (AvgIpc) is 2.32. The van der Waals surface area contributed by atoms with Gasteiger partial charge in [0.1, 0.15) is 5.82 Å². The molecule has 0 bridgehead atoms. The quantitative estimate of drug-likeness (QED) is 0.634. The maximum Gasteiger partial charge on any atom is 0.146 e. The lowest BCUT2D eigenvalue weighted by Gasteiger charge is -2.08. The van der Waals surface area contributed by atoms with Gasteiger partial charge in [0.15, 0.2) is 0 Å². The average molecular weight is 237 g/mol. The van der Waals surface area contributed by atoms with Crippen molar-refractivity contribution in [2.45, 2.75) is 52.4 Å². The van der Waals surface area contributed by atoms with E-state index < -0.39 is 0 Å². The van der Waals surface area contributed by atoms with Gasteiger partial charge in [0.2, 0.25) is 0 Å². The van der Waals surface area contributed by atoms with Gasteiger partial charge in [-0.1, -0.05) is 45.1 Å². The molecule has 96 valence electrons. The Bertz CT molecular complexity index is 323. The summed E-state index contributed by atoms with van der Waals surface area (Å²) in [4.78, 5) is 0. The van der Waals surface area contributed by atoms with Crippen LogP contribution >= 0.6 is 0 Å². The molecule has 0 aromatic heterocycles. The van der Waals surface area contributed by atoms with Gasteiger partial charge >= 0.3 is 0 Å². The summed E-state index contributed by atoms with van der Waals surface area (Å²) in [5, 5.41) is 3.17. The third kappa shape index (κ3) is 5.71. The molecule has 17 heavy (non-hydrogen) atoms. The first-order valence-corrected chi connectivity index (χ1v) is 6.74. The zero-order chi connectivity index (χ0) is 12.5. The Kier molecular flexibility index (Phi) is 6.68. The molecule has 0 fully saturated rings. The number of halogens is 1. The smallest absolute Gasteiger partial charge is 0.146 e. The van der Waals surface area contributed by atoms with Crippen LogP contribution in [0.15, 0.2) is 18.2 Å². The SMILES string of the molecule is CCCCCCCCNc1cc(C)ccc1F. The van der Waals surface area contributed by atoms with Crippen molar-refractivity contribution in [3.8, 4) is 0 Å². The highest BCUT2D eigenvalue weighted by Crippen LogP contribution is 2.15. The summed E-state index contributed by atoms with van der Waals surface area (Å²) in [5.74, 6) is -0.151. The zero-order valence-corrected chi connectivity index (χ0v) is 11.1.